The minimum atomic E-state index is -0.201. The molecule has 0 aliphatic carbocycles. The number of nitrogens with zero attached hydrogens (tertiary/aromatic N) is 2. The Bertz CT molecular complexity index is 852. The second-order valence-corrected chi connectivity index (χ2v) is 4.86. The Hall–Kier alpha value is -2.89. The lowest BCUT2D eigenvalue weighted by atomic mass is 10.2. The number of benzene rings is 1. The molecule has 22 heavy (non-hydrogen) atoms. The molecule has 2 aromatic heterocycles. The van der Waals surface area contributed by atoms with Gasteiger partial charge in [0.2, 0.25) is 0 Å². The summed E-state index contributed by atoms with van der Waals surface area (Å²) >= 11 is 0. The van der Waals surface area contributed by atoms with E-state index in [0.29, 0.717) is 28.8 Å². The molecule has 0 radical (unpaired) electrons. The van der Waals surface area contributed by atoms with E-state index in [1.165, 1.54) is 12.5 Å². The van der Waals surface area contributed by atoms with Gasteiger partial charge in [-0.25, -0.2) is 4.98 Å². The predicted molar refractivity (Wildman–Crippen MR) is 81.5 cm³/mol. The van der Waals surface area contributed by atoms with Crippen LogP contribution in [0, 0.1) is 0 Å². The highest BCUT2D eigenvalue weighted by Crippen LogP contribution is 2.10. The first-order valence-corrected chi connectivity index (χ1v) is 6.98. The fourth-order valence-corrected chi connectivity index (χ4v) is 2.29. The average molecular weight is 297 g/mol. The van der Waals surface area contributed by atoms with Crippen molar-refractivity contribution in [2.24, 2.45) is 0 Å². The summed E-state index contributed by atoms with van der Waals surface area (Å²) in [4.78, 5) is 33.1. The number of rotatable bonds is 4. The quantitative estimate of drug-likeness (QED) is 0.800. The van der Waals surface area contributed by atoms with Gasteiger partial charge in [0.05, 0.1) is 29.3 Å². The van der Waals surface area contributed by atoms with Gasteiger partial charge in [-0.1, -0.05) is 12.1 Å². The monoisotopic (exact) mass is 297 g/mol. The summed E-state index contributed by atoms with van der Waals surface area (Å²) < 4.78 is 4.94. The van der Waals surface area contributed by atoms with Crippen LogP contribution in [0.25, 0.3) is 10.9 Å². The van der Waals surface area contributed by atoms with Gasteiger partial charge in [-0.05, 0) is 25.1 Å². The summed E-state index contributed by atoms with van der Waals surface area (Å²) in [5.41, 5.74) is 0.894. The van der Waals surface area contributed by atoms with Crippen molar-refractivity contribution in [3.8, 4) is 0 Å². The second kappa shape index (κ2) is 5.85. The van der Waals surface area contributed by atoms with Crippen LogP contribution < -0.4 is 5.56 Å². The van der Waals surface area contributed by atoms with Crippen LogP contribution in [-0.4, -0.2) is 27.3 Å². The number of nitrogens with one attached hydrogen (secondary N) is 1. The lowest BCUT2D eigenvalue weighted by molar-refractivity contribution is 0.0747. The number of furan rings is 1. The number of hydrogen-bond acceptors (Lipinski definition) is 4. The van der Waals surface area contributed by atoms with Gasteiger partial charge in [0, 0.05) is 6.54 Å². The molecule has 0 spiro atoms. The van der Waals surface area contributed by atoms with Gasteiger partial charge in [-0.15, -0.1) is 0 Å². The van der Waals surface area contributed by atoms with E-state index in [9.17, 15) is 9.59 Å². The molecule has 1 aromatic carbocycles. The van der Waals surface area contributed by atoms with Gasteiger partial charge in [-0.2, -0.15) is 0 Å². The number of hydrogen-bond donors (Lipinski definition) is 1. The maximum atomic E-state index is 12.3. The van der Waals surface area contributed by atoms with Crippen molar-refractivity contribution in [1.29, 1.82) is 0 Å². The van der Waals surface area contributed by atoms with Crippen LogP contribution in [0.15, 0.2) is 52.1 Å². The Kier molecular flexibility index (Phi) is 3.74. The highest BCUT2D eigenvalue weighted by Gasteiger charge is 2.17. The summed E-state index contributed by atoms with van der Waals surface area (Å²) in [5.74, 6) is 0.300. The van der Waals surface area contributed by atoms with E-state index < -0.39 is 0 Å². The van der Waals surface area contributed by atoms with Crippen LogP contribution in [-0.2, 0) is 6.54 Å². The molecule has 112 valence electrons. The molecule has 1 amide bonds. The molecule has 2 heterocycles. The SMILES string of the molecule is CCN(Cc1nc2ccccc2c(=O)[nH]1)C(=O)c1ccoc1. The van der Waals surface area contributed by atoms with Gasteiger partial charge in [0.25, 0.3) is 11.5 Å². The van der Waals surface area contributed by atoms with Crippen molar-refractivity contribution in [2.45, 2.75) is 13.5 Å². The molecule has 0 unspecified atom stereocenters. The molecule has 0 saturated heterocycles. The highest BCUT2D eigenvalue weighted by atomic mass is 16.3. The highest BCUT2D eigenvalue weighted by molar-refractivity contribution is 5.93. The fraction of sp³-hybridized carbons (Fsp3) is 0.188. The molecule has 3 rings (SSSR count). The van der Waals surface area contributed by atoms with E-state index in [0.717, 1.165) is 0 Å². The Morgan fingerprint density at radius 1 is 1.32 bits per heavy atom. The number of amides is 1. The number of H-pyrrole nitrogens is 1. The number of aromatic amines is 1. The molecule has 0 aliphatic rings. The first kappa shape index (κ1) is 14.1. The molecule has 0 saturated carbocycles. The van der Waals surface area contributed by atoms with Gasteiger partial charge < -0.3 is 14.3 Å². The van der Waals surface area contributed by atoms with Crippen LogP contribution in [0.3, 0.4) is 0 Å². The largest absolute Gasteiger partial charge is 0.472 e. The molecule has 0 atom stereocenters. The normalized spacial score (nSPS) is 10.8. The van der Waals surface area contributed by atoms with E-state index in [-0.39, 0.29) is 18.0 Å². The lowest BCUT2D eigenvalue weighted by Crippen LogP contribution is -2.31. The Balaban J connectivity index is 1.91. The maximum Gasteiger partial charge on any atom is 0.258 e. The van der Waals surface area contributed by atoms with E-state index in [1.54, 1.807) is 29.2 Å². The summed E-state index contributed by atoms with van der Waals surface area (Å²) in [6.45, 7) is 2.61. The molecule has 6 nitrogen and oxygen atoms in total. The second-order valence-electron chi connectivity index (χ2n) is 4.86. The van der Waals surface area contributed by atoms with Crippen LogP contribution in [0.4, 0.5) is 0 Å². The molecule has 6 heteroatoms. The molecular formula is C16H15N3O3. The predicted octanol–water partition coefficient (Wildman–Crippen LogP) is 2.18. The van der Waals surface area contributed by atoms with E-state index in [1.807, 2.05) is 13.0 Å². The maximum absolute atomic E-state index is 12.3. The first-order valence-electron chi connectivity index (χ1n) is 6.98. The van der Waals surface area contributed by atoms with Crippen LogP contribution in [0.2, 0.25) is 0 Å². The molecule has 0 fully saturated rings. The average Bonchev–Trinajstić information content (AvgIpc) is 3.06. The smallest absolute Gasteiger partial charge is 0.258 e. The number of carbonyl (C=O) groups is 1. The third kappa shape index (κ3) is 2.63. The number of fused-ring (bicyclic) bond motifs is 1. The third-order valence-corrected chi connectivity index (χ3v) is 3.44. The Morgan fingerprint density at radius 2 is 2.14 bits per heavy atom. The van der Waals surface area contributed by atoms with Crippen LogP contribution in [0.5, 0.6) is 0 Å². The van der Waals surface area contributed by atoms with Gasteiger partial charge in [0.15, 0.2) is 0 Å². The Labute approximate surface area is 126 Å². The number of para-hydroxylation sites is 1. The molecule has 0 aliphatic heterocycles. The van der Waals surface area contributed by atoms with Crippen molar-refractivity contribution >= 4 is 16.8 Å². The standard InChI is InChI=1S/C16H15N3O3/c1-2-19(16(21)11-7-8-22-10-11)9-14-17-13-6-4-3-5-12(13)15(20)18-14/h3-8,10H,2,9H2,1H3,(H,17,18,20). The van der Waals surface area contributed by atoms with Crippen LogP contribution >= 0.6 is 0 Å². The number of carbonyl (C=O) groups excluding carboxylic acids is 1. The summed E-state index contributed by atoms with van der Waals surface area (Å²) in [5, 5.41) is 0.537. The third-order valence-electron chi connectivity index (χ3n) is 3.44. The minimum Gasteiger partial charge on any atom is -0.472 e. The zero-order chi connectivity index (χ0) is 15.5. The van der Waals surface area contributed by atoms with Crippen molar-refractivity contribution in [3.05, 3.63) is 64.6 Å². The zero-order valence-corrected chi connectivity index (χ0v) is 12.1. The molecule has 3 aromatic rings. The van der Waals surface area contributed by atoms with E-state index >= 15 is 0 Å². The molecule has 0 bridgehead atoms. The summed E-state index contributed by atoms with van der Waals surface area (Å²) in [6.07, 6.45) is 2.86. The Morgan fingerprint density at radius 3 is 2.86 bits per heavy atom. The van der Waals surface area contributed by atoms with Gasteiger partial charge in [-0.3, -0.25) is 9.59 Å². The zero-order valence-electron chi connectivity index (χ0n) is 12.1. The van der Waals surface area contributed by atoms with Crippen molar-refractivity contribution in [1.82, 2.24) is 14.9 Å². The van der Waals surface area contributed by atoms with Gasteiger partial charge >= 0.3 is 0 Å². The minimum absolute atomic E-state index is 0.160. The fourth-order valence-electron chi connectivity index (χ4n) is 2.29. The topological polar surface area (TPSA) is 79.2 Å². The molecule has 1 N–H and O–H groups in total. The first-order chi connectivity index (χ1) is 10.7. The summed E-state index contributed by atoms with van der Waals surface area (Å²) in [6, 6.07) is 8.73. The van der Waals surface area contributed by atoms with Crippen LogP contribution in [0.1, 0.15) is 23.1 Å². The van der Waals surface area contributed by atoms with Crippen molar-refractivity contribution in [2.75, 3.05) is 6.54 Å². The van der Waals surface area contributed by atoms with Crippen molar-refractivity contribution < 1.29 is 9.21 Å². The molecular weight excluding hydrogens is 282 g/mol. The number of aromatic nitrogens is 2. The van der Waals surface area contributed by atoms with E-state index in [2.05, 4.69) is 9.97 Å². The van der Waals surface area contributed by atoms with Gasteiger partial charge in [0.1, 0.15) is 12.1 Å². The van der Waals surface area contributed by atoms with E-state index in [4.69, 9.17) is 4.42 Å². The van der Waals surface area contributed by atoms with Crippen molar-refractivity contribution in [3.63, 3.8) is 0 Å². The summed E-state index contributed by atoms with van der Waals surface area (Å²) in [7, 11) is 0. The lowest BCUT2D eigenvalue weighted by Gasteiger charge is -2.19.